The number of nitrogen functional groups attached to an aromatic ring is 1. The van der Waals surface area contributed by atoms with Gasteiger partial charge in [-0.15, -0.1) is 0 Å². The van der Waals surface area contributed by atoms with Crippen LogP contribution in [0.2, 0.25) is 0 Å². The van der Waals surface area contributed by atoms with Crippen molar-refractivity contribution in [2.24, 2.45) is 0 Å². The number of carbonyl (C=O) groups is 1. The van der Waals surface area contributed by atoms with Gasteiger partial charge in [0.1, 0.15) is 5.82 Å². The summed E-state index contributed by atoms with van der Waals surface area (Å²) in [7, 11) is -3.96. The number of hydrogen-bond donors (Lipinski definition) is 4. The maximum Gasteiger partial charge on any atom is 0.337 e. The summed E-state index contributed by atoms with van der Waals surface area (Å²) in [5.74, 6) is -0.704. The normalized spacial score (nSPS) is 11.4. The van der Waals surface area contributed by atoms with Crippen LogP contribution >= 0.6 is 0 Å². The van der Waals surface area contributed by atoms with Crippen LogP contribution in [0.25, 0.3) is 0 Å². The van der Waals surface area contributed by atoms with Gasteiger partial charge >= 0.3 is 5.97 Å². The van der Waals surface area contributed by atoms with Gasteiger partial charge < -0.3 is 15.8 Å². The summed E-state index contributed by atoms with van der Waals surface area (Å²) >= 11 is 0. The van der Waals surface area contributed by atoms with Crippen LogP contribution in [0.4, 0.5) is 5.69 Å². The maximum absolute atomic E-state index is 12.2. The fourth-order valence-corrected chi connectivity index (χ4v) is 3.02. The Morgan fingerprint density at radius 2 is 2.19 bits per heavy atom. The number of carboxylic acid groups (broad SMARTS) is 1. The zero-order chi connectivity index (χ0) is 15.5. The molecule has 0 unspecified atom stereocenters. The Balaban J connectivity index is 2.19. The van der Waals surface area contributed by atoms with E-state index in [9.17, 15) is 13.2 Å². The predicted molar refractivity (Wildman–Crippen MR) is 75.3 cm³/mol. The molecule has 0 radical (unpaired) electrons. The molecular formula is C12H14N4O4S. The van der Waals surface area contributed by atoms with Crippen LogP contribution in [0.5, 0.6) is 0 Å². The highest BCUT2D eigenvalue weighted by molar-refractivity contribution is 7.89. The molecule has 0 fully saturated rings. The first-order valence-corrected chi connectivity index (χ1v) is 7.49. The molecule has 0 saturated carbocycles. The van der Waals surface area contributed by atoms with Crippen LogP contribution in [0.3, 0.4) is 0 Å². The molecule has 1 aromatic carbocycles. The topological polar surface area (TPSA) is 138 Å². The first-order chi connectivity index (χ1) is 9.90. The number of rotatable bonds is 6. The SMILES string of the molecule is Nc1ccc(C(=O)O)c(S(=O)(=O)NCCc2ncc[nH]2)c1. The average Bonchev–Trinajstić information content (AvgIpc) is 2.91. The van der Waals surface area contributed by atoms with E-state index in [1.54, 1.807) is 12.4 Å². The summed E-state index contributed by atoms with van der Waals surface area (Å²) in [5, 5.41) is 9.05. The fourth-order valence-electron chi connectivity index (χ4n) is 1.75. The average molecular weight is 310 g/mol. The summed E-state index contributed by atoms with van der Waals surface area (Å²) in [5.41, 5.74) is 5.38. The predicted octanol–water partition coefficient (Wildman–Crippen LogP) is 0.211. The summed E-state index contributed by atoms with van der Waals surface area (Å²) < 4.78 is 26.7. The number of aromatic carboxylic acids is 1. The van der Waals surface area contributed by atoms with Gasteiger partial charge in [0.25, 0.3) is 0 Å². The number of imidazole rings is 1. The highest BCUT2D eigenvalue weighted by Gasteiger charge is 2.22. The zero-order valence-corrected chi connectivity index (χ0v) is 11.7. The van der Waals surface area contributed by atoms with Gasteiger partial charge in [0.2, 0.25) is 10.0 Å². The molecule has 21 heavy (non-hydrogen) atoms. The van der Waals surface area contributed by atoms with E-state index in [-0.39, 0.29) is 22.7 Å². The second kappa shape index (κ2) is 5.94. The summed E-state index contributed by atoms with van der Waals surface area (Å²) in [4.78, 5) is 17.5. The van der Waals surface area contributed by atoms with Crippen LogP contribution in [0, 0.1) is 0 Å². The molecule has 0 saturated heterocycles. The third kappa shape index (κ3) is 3.58. The van der Waals surface area contributed by atoms with E-state index < -0.39 is 16.0 Å². The molecule has 1 aromatic heterocycles. The van der Waals surface area contributed by atoms with Crippen molar-refractivity contribution in [1.29, 1.82) is 0 Å². The maximum atomic E-state index is 12.2. The van der Waals surface area contributed by atoms with E-state index in [1.807, 2.05) is 0 Å². The summed E-state index contributed by atoms with van der Waals surface area (Å²) in [6.45, 7) is 0.0870. The third-order valence-corrected chi connectivity index (χ3v) is 4.24. The standard InChI is InChI=1S/C12H14N4O4S/c13-8-1-2-9(12(17)18)10(7-8)21(19,20)16-4-3-11-14-5-6-15-11/h1-2,5-7,16H,3-4,13H2,(H,14,15)(H,17,18). The summed E-state index contributed by atoms with van der Waals surface area (Å²) in [6, 6.07) is 3.63. The first-order valence-electron chi connectivity index (χ1n) is 6.01. The van der Waals surface area contributed by atoms with Crippen molar-refractivity contribution < 1.29 is 18.3 Å². The van der Waals surface area contributed by atoms with E-state index in [0.29, 0.717) is 12.2 Å². The van der Waals surface area contributed by atoms with Crippen molar-refractivity contribution >= 4 is 21.7 Å². The van der Waals surface area contributed by atoms with Crippen LogP contribution in [-0.4, -0.2) is 36.0 Å². The van der Waals surface area contributed by atoms with Gasteiger partial charge in [-0.2, -0.15) is 0 Å². The highest BCUT2D eigenvalue weighted by Crippen LogP contribution is 2.19. The number of benzene rings is 1. The summed E-state index contributed by atoms with van der Waals surface area (Å²) in [6.07, 6.45) is 3.55. The number of sulfonamides is 1. The molecule has 2 aromatic rings. The quantitative estimate of drug-likeness (QED) is 0.563. The van der Waals surface area contributed by atoms with Crippen molar-refractivity contribution in [2.45, 2.75) is 11.3 Å². The number of H-pyrrole nitrogens is 1. The Morgan fingerprint density at radius 1 is 1.43 bits per heavy atom. The Labute approximate surface area is 121 Å². The van der Waals surface area contributed by atoms with E-state index in [4.69, 9.17) is 10.8 Å². The van der Waals surface area contributed by atoms with Gasteiger partial charge in [-0.3, -0.25) is 0 Å². The van der Waals surface area contributed by atoms with E-state index in [0.717, 1.165) is 6.07 Å². The van der Waals surface area contributed by atoms with E-state index >= 15 is 0 Å². The Bertz CT molecular complexity index is 741. The lowest BCUT2D eigenvalue weighted by Crippen LogP contribution is -2.28. The van der Waals surface area contributed by atoms with Crippen molar-refractivity contribution in [3.63, 3.8) is 0 Å². The van der Waals surface area contributed by atoms with Crippen molar-refractivity contribution in [3.05, 3.63) is 42.0 Å². The van der Waals surface area contributed by atoms with Gasteiger partial charge in [-0.25, -0.2) is 22.9 Å². The minimum atomic E-state index is -3.96. The van der Waals surface area contributed by atoms with Crippen LogP contribution in [0.1, 0.15) is 16.2 Å². The number of hydrogen-bond acceptors (Lipinski definition) is 5. The lowest BCUT2D eigenvalue weighted by molar-refractivity contribution is 0.0692. The molecule has 0 atom stereocenters. The van der Waals surface area contributed by atoms with Crippen LogP contribution < -0.4 is 10.5 Å². The minimum Gasteiger partial charge on any atom is -0.478 e. The zero-order valence-electron chi connectivity index (χ0n) is 10.9. The molecule has 0 bridgehead atoms. The lowest BCUT2D eigenvalue weighted by atomic mass is 10.2. The molecule has 0 spiro atoms. The van der Waals surface area contributed by atoms with Crippen molar-refractivity contribution in [2.75, 3.05) is 12.3 Å². The number of nitrogens with two attached hydrogens (primary N) is 1. The Kier molecular flexibility index (Phi) is 4.24. The van der Waals surface area contributed by atoms with Crippen LogP contribution in [-0.2, 0) is 16.4 Å². The third-order valence-electron chi connectivity index (χ3n) is 2.73. The van der Waals surface area contributed by atoms with Gasteiger partial charge in [0.05, 0.1) is 10.5 Å². The fraction of sp³-hybridized carbons (Fsp3) is 0.167. The van der Waals surface area contributed by atoms with Crippen LogP contribution in [0.15, 0.2) is 35.5 Å². The monoisotopic (exact) mass is 310 g/mol. The second-order valence-electron chi connectivity index (χ2n) is 4.24. The molecule has 112 valence electrons. The van der Waals surface area contributed by atoms with Gasteiger partial charge in [0, 0.05) is 31.0 Å². The first kappa shape index (κ1) is 15.0. The molecule has 0 amide bonds. The minimum absolute atomic E-state index is 0.0870. The Morgan fingerprint density at radius 3 is 2.81 bits per heavy atom. The van der Waals surface area contributed by atoms with Gasteiger partial charge in [-0.1, -0.05) is 0 Å². The molecule has 0 aliphatic rings. The number of aromatic nitrogens is 2. The largest absolute Gasteiger partial charge is 0.478 e. The molecule has 0 aliphatic carbocycles. The smallest absolute Gasteiger partial charge is 0.337 e. The molecule has 8 nitrogen and oxygen atoms in total. The number of nitrogens with zero attached hydrogens (tertiary/aromatic N) is 1. The molecule has 2 rings (SSSR count). The van der Waals surface area contributed by atoms with Crippen molar-refractivity contribution in [3.8, 4) is 0 Å². The second-order valence-corrected chi connectivity index (χ2v) is 5.98. The molecule has 1 heterocycles. The number of nitrogens with one attached hydrogen (secondary N) is 2. The molecular weight excluding hydrogens is 296 g/mol. The number of anilines is 1. The number of aromatic amines is 1. The molecule has 0 aliphatic heterocycles. The van der Waals surface area contributed by atoms with E-state index in [1.165, 1.54) is 12.1 Å². The molecule has 9 heteroatoms. The van der Waals surface area contributed by atoms with Crippen molar-refractivity contribution in [1.82, 2.24) is 14.7 Å². The number of carboxylic acids is 1. The Hall–Kier alpha value is -2.39. The lowest BCUT2D eigenvalue weighted by Gasteiger charge is -2.09. The van der Waals surface area contributed by atoms with E-state index in [2.05, 4.69) is 14.7 Å². The molecule has 5 N–H and O–H groups in total. The van der Waals surface area contributed by atoms with Gasteiger partial charge in [-0.05, 0) is 18.2 Å². The van der Waals surface area contributed by atoms with Gasteiger partial charge in [0.15, 0.2) is 0 Å². The highest BCUT2D eigenvalue weighted by atomic mass is 32.2.